The lowest BCUT2D eigenvalue weighted by molar-refractivity contribution is 0.212. The third-order valence-electron chi connectivity index (χ3n) is 6.79. The van der Waals surface area contributed by atoms with Crippen molar-refractivity contribution >= 4 is 22.5 Å². The topological polar surface area (TPSA) is 69.5 Å². The minimum Gasteiger partial charge on any atom is -0.364 e. The van der Waals surface area contributed by atoms with Crippen molar-refractivity contribution in [1.29, 1.82) is 5.26 Å². The van der Waals surface area contributed by atoms with Crippen LogP contribution >= 0.6 is 0 Å². The number of pyridine rings is 2. The van der Waals surface area contributed by atoms with Crippen LogP contribution in [0, 0.1) is 29.5 Å². The average molecular weight is 497 g/mol. The van der Waals surface area contributed by atoms with E-state index in [-0.39, 0.29) is 29.1 Å². The zero-order chi connectivity index (χ0) is 26.1. The molecule has 0 amide bonds. The van der Waals surface area contributed by atoms with Crippen molar-refractivity contribution in [2.75, 3.05) is 31.1 Å². The molecule has 0 radical (unpaired) electrons. The molecule has 2 aromatic carbocycles. The molecule has 9 heteroatoms. The minimum atomic E-state index is -0.416. The Bertz CT molecular complexity index is 1560. The van der Waals surface area contributed by atoms with Gasteiger partial charge < -0.3 is 14.3 Å². The smallest absolute Gasteiger partial charge is 0.271 e. The Kier molecular flexibility index (Phi) is 6.39. The Labute approximate surface area is 212 Å². The molecule has 0 unspecified atom stereocenters. The second kappa shape index (κ2) is 9.81. The first-order valence-electron chi connectivity index (χ1n) is 11.7. The first-order chi connectivity index (χ1) is 17.9. The third kappa shape index (κ3) is 4.42. The van der Waals surface area contributed by atoms with Gasteiger partial charge >= 0.3 is 0 Å². The van der Waals surface area contributed by atoms with E-state index < -0.39 is 5.56 Å². The summed E-state index contributed by atoms with van der Waals surface area (Å²) in [4.78, 5) is 25.0. The fourth-order valence-electron chi connectivity index (χ4n) is 4.96. The standard InChI is InChI=1S/C28H22F2N6O/c1-32-24-12-11-23-25(33-24)27(22(17-31)28(37)34(23)2)36-15-13-35(14-16-36)26(18-3-7-20(29)8-4-18)19-5-9-21(30)10-6-19/h3-12,26H,13-16H2,2H3. The molecular formula is C28H22F2N6O. The summed E-state index contributed by atoms with van der Waals surface area (Å²) in [6.07, 6.45) is 0. The Morgan fingerprint density at radius 1 is 0.946 bits per heavy atom. The molecular weight excluding hydrogens is 474 g/mol. The first-order valence-corrected chi connectivity index (χ1v) is 11.7. The molecule has 4 aromatic rings. The second-order valence-corrected chi connectivity index (χ2v) is 8.88. The minimum absolute atomic E-state index is 0.00769. The van der Waals surface area contributed by atoms with Crippen LogP contribution in [0.25, 0.3) is 15.9 Å². The first kappa shape index (κ1) is 24.1. The van der Waals surface area contributed by atoms with Crippen LogP contribution in [0.3, 0.4) is 0 Å². The Morgan fingerprint density at radius 2 is 1.51 bits per heavy atom. The summed E-state index contributed by atoms with van der Waals surface area (Å²) in [6, 6.07) is 17.6. The number of piperazine rings is 1. The van der Waals surface area contributed by atoms with Crippen molar-refractivity contribution in [3.63, 3.8) is 0 Å². The van der Waals surface area contributed by atoms with Crippen LogP contribution in [-0.4, -0.2) is 40.6 Å². The monoisotopic (exact) mass is 496 g/mol. The van der Waals surface area contributed by atoms with Gasteiger partial charge in [-0.3, -0.25) is 9.69 Å². The summed E-state index contributed by atoms with van der Waals surface area (Å²) in [5.41, 5.74) is 2.75. The van der Waals surface area contributed by atoms with E-state index >= 15 is 0 Å². The van der Waals surface area contributed by atoms with Crippen LogP contribution in [0.15, 0.2) is 65.5 Å². The van der Waals surface area contributed by atoms with Gasteiger partial charge in [-0.05, 0) is 47.5 Å². The van der Waals surface area contributed by atoms with Gasteiger partial charge in [0.25, 0.3) is 11.4 Å². The predicted octanol–water partition coefficient (Wildman–Crippen LogP) is 4.55. The van der Waals surface area contributed by atoms with Crippen LogP contribution in [0.2, 0.25) is 0 Å². The maximum Gasteiger partial charge on any atom is 0.271 e. The number of aryl methyl sites for hydroxylation is 1. The van der Waals surface area contributed by atoms with Crippen molar-refractivity contribution < 1.29 is 8.78 Å². The summed E-state index contributed by atoms with van der Waals surface area (Å²) in [7, 11) is 1.59. The maximum atomic E-state index is 13.7. The molecule has 0 spiro atoms. The Balaban J connectivity index is 1.52. The molecule has 184 valence electrons. The van der Waals surface area contributed by atoms with E-state index in [9.17, 15) is 18.8 Å². The number of nitrogens with zero attached hydrogens (tertiary/aromatic N) is 6. The summed E-state index contributed by atoms with van der Waals surface area (Å²) < 4.78 is 28.7. The molecule has 1 aliphatic rings. The Morgan fingerprint density at radius 3 is 2.03 bits per heavy atom. The number of anilines is 1. The third-order valence-corrected chi connectivity index (χ3v) is 6.79. The molecule has 7 nitrogen and oxygen atoms in total. The second-order valence-electron chi connectivity index (χ2n) is 8.88. The van der Waals surface area contributed by atoms with Crippen LogP contribution in [0.4, 0.5) is 20.3 Å². The van der Waals surface area contributed by atoms with Gasteiger partial charge in [-0.1, -0.05) is 30.8 Å². The van der Waals surface area contributed by atoms with E-state index in [0.29, 0.717) is 42.9 Å². The zero-order valence-corrected chi connectivity index (χ0v) is 20.0. The lowest BCUT2D eigenvalue weighted by Gasteiger charge is -2.40. The van der Waals surface area contributed by atoms with Crippen molar-refractivity contribution in [3.05, 3.63) is 111 Å². The number of nitriles is 1. The fourth-order valence-corrected chi connectivity index (χ4v) is 4.96. The molecule has 2 aromatic heterocycles. The van der Waals surface area contributed by atoms with Gasteiger partial charge in [0.1, 0.15) is 29.0 Å². The van der Waals surface area contributed by atoms with Crippen molar-refractivity contribution in [1.82, 2.24) is 14.5 Å². The van der Waals surface area contributed by atoms with Crippen LogP contribution in [-0.2, 0) is 7.05 Å². The molecule has 1 aliphatic heterocycles. The molecule has 0 saturated carbocycles. The summed E-state index contributed by atoms with van der Waals surface area (Å²) >= 11 is 0. The quantitative estimate of drug-likeness (QED) is 0.388. The van der Waals surface area contributed by atoms with Crippen LogP contribution < -0.4 is 10.5 Å². The highest BCUT2D eigenvalue weighted by atomic mass is 19.1. The molecule has 1 saturated heterocycles. The van der Waals surface area contributed by atoms with Crippen LogP contribution in [0.5, 0.6) is 0 Å². The molecule has 3 heterocycles. The number of fused-ring (bicyclic) bond motifs is 1. The van der Waals surface area contributed by atoms with E-state index in [1.165, 1.54) is 28.8 Å². The van der Waals surface area contributed by atoms with Crippen molar-refractivity contribution in [2.45, 2.75) is 6.04 Å². The largest absolute Gasteiger partial charge is 0.364 e. The molecule has 0 bridgehead atoms. The molecule has 5 rings (SSSR count). The van der Waals surface area contributed by atoms with Gasteiger partial charge in [0.15, 0.2) is 0 Å². The number of halogens is 2. The number of benzene rings is 2. The van der Waals surface area contributed by atoms with Gasteiger partial charge in [-0.2, -0.15) is 5.26 Å². The van der Waals surface area contributed by atoms with Crippen LogP contribution in [0.1, 0.15) is 22.7 Å². The van der Waals surface area contributed by atoms with Gasteiger partial charge in [0, 0.05) is 33.2 Å². The zero-order valence-electron chi connectivity index (χ0n) is 20.0. The molecule has 37 heavy (non-hydrogen) atoms. The molecule has 0 N–H and O–H groups in total. The van der Waals surface area contributed by atoms with Gasteiger partial charge in [0.05, 0.1) is 11.6 Å². The number of hydrogen-bond donors (Lipinski definition) is 0. The fraction of sp³-hybridized carbons (Fsp3) is 0.214. The summed E-state index contributed by atoms with van der Waals surface area (Å²) in [5.74, 6) is -0.485. The highest BCUT2D eigenvalue weighted by Gasteiger charge is 2.30. The highest BCUT2D eigenvalue weighted by molar-refractivity contribution is 5.92. The maximum absolute atomic E-state index is 13.7. The lowest BCUT2D eigenvalue weighted by Crippen LogP contribution is -2.48. The number of aromatic nitrogens is 2. The number of rotatable bonds is 4. The summed E-state index contributed by atoms with van der Waals surface area (Å²) in [6.45, 7) is 9.44. The van der Waals surface area contributed by atoms with Gasteiger partial charge in [-0.15, -0.1) is 4.98 Å². The van der Waals surface area contributed by atoms with E-state index in [1.807, 2.05) is 4.90 Å². The van der Waals surface area contributed by atoms with Crippen molar-refractivity contribution in [2.24, 2.45) is 7.05 Å². The SMILES string of the molecule is [C-]#[N+]c1ccc2c(n1)c(N1CCN(C(c3ccc(F)cc3)c3ccc(F)cc3)CC1)c(C#N)c(=O)n2C. The number of hydrogen-bond acceptors (Lipinski definition) is 5. The van der Waals surface area contributed by atoms with E-state index in [4.69, 9.17) is 6.57 Å². The molecule has 1 fully saturated rings. The van der Waals surface area contributed by atoms with Gasteiger partial charge in [-0.25, -0.2) is 8.78 Å². The lowest BCUT2D eigenvalue weighted by atomic mass is 9.96. The van der Waals surface area contributed by atoms with E-state index in [0.717, 1.165) is 11.1 Å². The predicted molar refractivity (Wildman–Crippen MR) is 136 cm³/mol. The van der Waals surface area contributed by atoms with Crippen molar-refractivity contribution in [3.8, 4) is 6.07 Å². The Hall–Kier alpha value is -4.60. The van der Waals surface area contributed by atoms with E-state index in [1.54, 1.807) is 43.4 Å². The molecule has 0 atom stereocenters. The highest BCUT2D eigenvalue weighted by Crippen LogP contribution is 2.33. The molecule has 0 aliphatic carbocycles. The normalized spacial score (nSPS) is 14.1. The van der Waals surface area contributed by atoms with Gasteiger partial charge in [0.2, 0.25) is 5.52 Å². The van der Waals surface area contributed by atoms with E-state index in [2.05, 4.69) is 20.8 Å². The summed E-state index contributed by atoms with van der Waals surface area (Å²) in [5, 5.41) is 9.87. The average Bonchev–Trinajstić information content (AvgIpc) is 2.93.